The zero-order valence-electron chi connectivity index (χ0n) is 31.1. The van der Waals surface area contributed by atoms with E-state index in [1.807, 2.05) is 56.1 Å². The standard InChI is InChI=1S/C40H47N7O4.C2H6/c1-45(36-12-13-38(50)44-40(36)51)24-30-22-28(6-7-29(30)25-48)26-14-18-46(19-15-26)32-16-20-47(21-17-32)31-10-8-27(9-11-31)34(39(42)43)23-35(41)33-4-2-3-5-37(33)49;1-2/h2-11,22-23,25-26,32,36,41,49H,12-21,24H2,1H3,(H3,42,43)(H,44,50,51);1-2H3/b34-23-,41-35?;. The van der Waals surface area contributed by atoms with Gasteiger partial charge in [0.25, 0.3) is 0 Å². The first-order valence-electron chi connectivity index (χ1n) is 18.8. The maximum absolute atomic E-state index is 12.4. The van der Waals surface area contributed by atoms with Gasteiger partial charge < -0.3 is 26.0 Å². The van der Waals surface area contributed by atoms with Crippen molar-refractivity contribution in [2.24, 2.45) is 5.73 Å². The number of aromatic hydroxyl groups is 1. The van der Waals surface area contributed by atoms with Crippen molar-refractivity contribution in [2.45, 2.75) is 76.9 Å². The van der Waals surface area contributed by atoms with E-state index in [1.165, 1.54) is 17.7 Å². The number of hydrogen-bond acceptors (Lipinski definition) is 9. The number of anilines is 1. The predicted octanol–water partition coefficient (Wildman–Crippen LogP) is 5.70. The van der Waals surface area contributed by atoms with Crippen molar-refractivity contribution in [3.63, 3.8) is 0 Å². The van der Waals surface area contributed by atoms with Crippen LogP contribution in [0.1, 0.15) is 90.9 Å². The molecular formula is C42H53N7O4. The molecule has 3 fully saturated rings. The highest BCUT2D eigenvalue weighted by molar-refractivity contribution is 6.27. The normalized spacial score (nSPS) is 19.0. The van der Waals surface area contributed by atoms with Gasteiger partial charge in [-0.15, -0.1) is 0 Å². The van der Waals surface area contributed by atoms with Gasteiger partial charge in [-0.2, -0.15) is 0 Å². The van der Waals surface area contributed by atoms with Gasteiger partial charge in [0.05, 0.1) is 11.8 Å². The molecule has 3 aromatic carbocycles. The van der Waals surface area contributed by atoms with E-state index in [0.717, 1.165) is 75.0 Å². The third-order valence-corrected chi connectivity index (χ3v) is 10.8. The number of carbonyl (C=O) groups excluding carboxylic acids is 3. The zero-order valence-corrected chi connectivity index (χ0v) is 31.1. The average molecular weight is 720 g/mol. The summed E-state index contributed by atoms with van der Waals surface area (Å²) in [5, 5.41) is 29.2. The zero-order chi connectivity index (χ0) is 38.1. The number of likely N-dealkylation sites (N-methyl/N-ethyl adjacent to an activating group) is 1. The number of rotatable bonds is 11. The largest absolute Gasteiger partial charge is 0.507 e. The highest BCUT2D eigenvalue weighted by Crippen LogP contribution is 2.33. The number of piperidine rings is 3. The van der Waals surface area contributed by atoms with Gasteiger partial charge in [-0.1, -0.05) is 56.3 Å². The number of nitrogens with two attached hydrogens (primary N) is 1. The lowest BCUT2D eigenvalue weighted by Crippen LogP contribution is -2.51. The van der Waals surface area contributed by atoms with Crippen LogP contribution in [0.25, 0.3) is 5.57 Å². The Morgan fingerprint density at radius 3 is 2.25 bits per heavy atom. The van der Waals surface area contributed by atoms with Crippen LogP contribution in [0.15, 0.2) is 72.8 Å². The second kappa shape index (κ2) is 18.1. The van der Waals surface area contributed by atoms with Gasteiger partial charge in [-0.05, 0) is 105 Å². The van der Waals surface area contributed by atoms with Crippen molar-refractivity contribution in [1.29, 1.82) is 10.8 Å². The number of para-hydroxylation sites is 1. The quantitative estimate of drug-likeness (QED) is 0.0728. The number of carbonyl (C=O) groups is 3. The molecule has 3 aromatic rings. The molecule has 6 rings (SSSR count). The van der Waals surface area contributed by atoms with Crippen LogP contribution in [-0.2, 0) is 16.1 Å². The fourth-order valence-electron chi connectivity index (χ4n) is 7.79. The van der Waals surface area contributed by atoms with Crippen molar-refractivity contribution in [2.75, 3.05) is 38.1 Å². The summed E-state index contributed by atoms with van der Waals surface area (Å²) in [5.74, 6) is -0.216. The molecule has 3 heterocycles. The number of allylic oxidation sites excluding steroid dienone is 1. The second-order valence-corrected chi connectivity index (χ2v) is 13.9. The highest BCUT2D eigenvalue weighted by atomic mass is 16.3. The van der Waals surface area contributed by atoms with Crippen LogP contribution in [-0.4, -0.2) is 89.9 Å². The summed E-state index contributed by atoms with van der Waals surface area (Å²) in [6, 6.07) is 20.9. The molecule has 280 valence electrons. The van der Waals surface area contributed by atoms with E-state index in [2.05, 4.69) is 27.2 Å². The molecule has 0 saturated carbocycles. The Morgan fingerprint density at radius 1 is 0.943 bits per heavy atom. The maximum Gasteiger partial charge on any atom is 0.243 e. The molecule has 0 radical (unpaired) electrons. The molecule has 6 N–H and O–H groups in total. The van der Waals surface area contributed by atoms with Crippen LogP contribution in [0.2, 0.25) is 0 Å². The van der Waals surface area contributed by atoms with Crippen molar-refractivity contribution in [3.8, 4) is 5.75 Å². The molecule has 2 amide bonds. The monoisotopic (exact) mass is 719 g/mol. The maximum atomic E-state index is 12.4. The van der Waals surface area contributed by atoms with E-state index in [4.69, 9.17) is 16.6 Å². The van der Waals surface area contributed by atoms with Gasteiger partial charge in [0, 0.05) is 54.5 Å². The molecule has 1 unspecified atom stereocenters. The number of phenolic OH excluding ortho intramolecular Hbond substituents is 1. The van der Waals surface area contributed by atoms with Gasteiger partial charge in [0.2, 0.25) is 11.8 Å². The number of nitrogens with one attached hydrogen (secondary N) is 3. The summed E-state index contributed by atoms with van der Waals surface area (Å²) in [6.45, 7) is 8.43. The Bertz CT molecular complexity index is 1820. The Kier molecular flexibility index (Phi) is 13.3. The summed E-state index contributed by atoms with van der Waals surface area (Å²) in [4.78, 5) is 42.9. The topological polar surface area (TPSA) is 167 Å². The molecule has 0 aliphatic carbocycles. The molecular weight excluding hydrogens is 667 g/mol. The molecule has 3 aliphatic rings. The fourth-order valence-corrected chi connectivity index (χ4v) is 7.79. The van der Waals surface area contributed by atoms with Crippen LogP contribution in [0.5, 0.6) is 5.75 Å². The third-order valence-electron chi connectivity index (χ3n) is 10.8. The number of phenols is 1. The Hall–Kier alpha value is -5.13. The summed E-state index contributed by atoms with van der Waals surface area (Å²) in [5.41, 5.74) is 11.5. The second-order valence-electron chi connectivity index (χ2n) is 13.9. The van der Waals surface area contributed by atoms with Crippen LogP contribution in [0.4, 0.5) is 5.69 Å². The first-order chi connectivity index (χ1) is 25.6. The summed E-state index contributed by atoms with van der Waals surface area (Å²) < 4.78 is 0. The molecule has 11 heteroatoms. The van der Waals surface area contributed by atoms with Crippen molar-refractivity contribution >= 4 is 40.9 Å². The SMILES string of the molecule is CC.CN(Cc1cc(C2CCN(C3CCN(c4ccc(/C(=C/C(=N)c5ccccc5O)C(=N)N)cc4)CC3)CC2)ccc1C=O)C1CCC(=O)NC1=O. The number of nitrogens with zero attached hydrogens (tertiary/aromatic N) is 3. The Labute approximate surface area is 312 Å². The lowest BCUT2D eigenvalue weighted by Gasteiger charge is -2.42. The van der Waals surface area contributed by atoms with E-state index in [0.29, 0.717) is 48.0 Å². The molecule has 11 nitrogen and oxygen atoms in total. The smallest absolute Gasteiger partial charge is 0.243 e. The number of amidine groups is 1. The average Bonchev–Trinajstić information content (AvgIpc) is 3.18. The van der Waals surface area contributed by atoms with Gasteiger partial charge >= 0.3 is 0 Å². The fraction of sp³-hybridized carbons (Fsp3) is 0.405. The van der Waals surface area contributed by atoms with Crippen LogP contribution in [0, 0.1) is 10.8 Å². The van der Waals surface area contributed by atoms with E-state index in [-0.39, 0.29) is 35.2 Å². The minimum absolute atomic E-state index is 0.0118. The number of hydrogen-bond donors (Lipinski definition) is 5. The minimum Gasteiger partial charge on any atom is -0.507 e. The Morgan fingerprint density at radius 2 is 1.62 bits per heavy atom. The molecule has 0 spiro atoms. The van der Waals surface area contributed by atoms with Crippen molar-refractivity contribution < 1.29 is 19.5 Å². The van der Waals surface area contributed by atoms with Gasteiger partial charge in [-0.3, -0.25) is 30.0 Å². The highest BCUT2D eigenvalue weighted by Gasteiger charge is 2.31. The molecule has 53 heavy (non-hydrogen) atoms. The van der Waals surface area contributed by atoms with E-state index in [9.17, 15) is 19.5 Å². The van der Waals surface area contributed by atoms with Gasteiger partial charge in [0.15, 0.2) is 0 Å². The molecule has 3 saturated heterocycles. The van der Waals surface area contributed by atoms with Crippen LogP contribution in [0.3, 0.4) is 0 Å². The van der Waals surface area contributed by atoms with Crippen molar-refractivity contribution in [3.05, 3.63) is 101 Å². The van der Waals surface area contributed by atoms with Gasteiger partial charge in [-0.25, -0.2) is 0 Å². The Balaban J connectivity index is 0.00000266. The summed E-state index contributed by atoms with van der Waals surface area (Å²) in [7, 11) is 1.87. The van der Waals surface area contributed by atoms with E-state index >= 15 is 0 Å². The summed E-state index contributed by atoms with van der Waals surface area (Å²) >= 11 is 0. The third kappa shape index (κ3) is 9.46. The lowest BCUT2D eigenvalue weighted by atomic mass is 9.86. The lowest BCUT2D eigenvalue weighted by molar-refractivity contribution is -0.137. The van der Waals surface area contributed by atoms with E-state index in [1.54, 1.807) is 18.2 Å². The number of aldehydes is 1. The molecule has 3 aliphatic heterocycles. The number of likely N-dealkylation sites (tertiary alicyclic amines) is 1. The van der Waals surface area contributed by atoms with E-state index < -0.39 is 0 Å². The van der Waals surface area contributed by atoms with Crippen LogP contribution < -0.4 is 16.0 Å². The molecule has 1 atom stereocenters. The predicted molar refractivity (Wildman–Crippen MR) is 211 cm³/mol. The van der Waals surface area contributed by atoms with Crippen molar-refractivity contribution in [1.82, 2.24) is 15.1 Å². The molecule has 0 bridgehead atoms. The first kappa shape index (κ1) is 39.1. The first-order valence-corrected chi connectivity index (χ1v) is 18.8. The molecule has 0 aromatic heterocycles. The van der Waals surface area contributed by atoms with Gasteiger partial charge in [0.1, 0.15) is 17.9 Å². The number of amides is 2. The van der Waals surface area contributed by atoms with Crippen LogP contribution >= 0.6 is 0 Å². The minimum atomic E-state index is -0.389. The summed E-state index contributed by atoms with van der Waals surface area (Å²) in [6.07, 6.45) is 7.48. The number of benzene rings is 3. The number of imide groups is 1.